The molecule has 1 aliphatic rings. The molecule has 2 aromatic carbocycles. The quantitative estimate of drug-likeness (QED) is 0.816. The van der Waals surface area contributed by atoms with Gasteiger partial charge in [0.15, 0.2) is 11.4 Å². The Balaban J connectivity index is 1.84. The summed E-state index contributed by atoms with van der Waals surface area (Å²) in [6, 6.07) is 15.6. The Hall–Kier alpha value is -2.44. The van der Waals surface area contributed by atoms with Crippen LogP contribution in [0.4, 0.5) is 4.79 Å². The van der Waals surface area contributed by atoms with Gasteiger partial charge in [-0.2, -0.15) is 0 Å². The van der Waals surface area contributed by atoms with Gasteiger partial charge in [-0.25, -0.2) is 4.79 Å². The van der Waals surface area contributed by atoms with Gasteiger partial charge in [-0.05, 0) is 47.9 Å². The number of hydrogen-bond donors (Lipinski definition) is 1. The van der Waals surface area contributed by atoms with E-state index in [9.17, 15) is 9.59 Å². The van der Waals surface area contributed by atoms with Crippen LogP contribution in [0.25, 0.3) is 11.1 Å². The van der Waals surface area contributed by atoms with Crippen LogP contribution in [-0.4, -0.2) is 25.2 Å². The van der Waals surface area contributed by atoms with Gasteiger partial charge in [-0.15, -0.1) is 0 Å². The fraction of sp³-hybridized carbons (Fsp3) is 0.200. The third-order valence-corrected chi connectivity index (χ3v) is 4.80. The number of benzene rings is 2. The van der Waals surface area contributed by atoms with Crippen LogP contribution < -0.4 is 5.32 Å². The third kappa shape index (κ3) is 3.71. The summed E-state index contributed by atoms with van der Waals surface area (Å²) in [4.78, 5) is 23.8. The SMILES string of the molecule is CNC(=O)O[C@H]1C=CC(=O)[C@@](C)(c2ccc(-c3ccc(Br)cc3)cc2)O1. The van der Waals surface area contributed by atoms with Crippen molar-refractivity contribution >= 4 is 27.8 Å². The lowest BCUT2D eigenvalue weighted by Gasteiger charge is -2.33. The van der Waals surface area contributed by atoms with E-state index in [1.54, 1.807) is 6.92 Å². The Morgan fingerprint density at radius 1 is 1.12 bits per heavy atom. The molecule has 0 saturated heterocycles. The van der Waals surface area contributed by atoms with Crippen molar-refractivity contribution in [3.63, 3.8) is 0 Å². The summed E-state index contributed by atoms with van der Waals surface area (Å²) in [7, 11) is 1.46. The van der Waals surface area contributed by atoms with Crippen LogP contribution in [0.2, 0.25) is 0 Å². The monoisotopic (exact) mass is 415 g/mol. The van der Waals surface area contributed by atoms with Crippen LogP contribution in [0.3, 0.4) is 0 Å². The molecule has 134 valence electrons. The first kappa shape index (κ1) is 18.4. The van der Waals surface area contributed by atoms with E-state index >= 15 is 0 Å². The molecule has 0 aliphatic carbocycles. The van der Waals surface area contributed by atoms with E-state index in [4.69, 9.17) is 9.47 Å². The third-order valence-electron chi connectivity index (χ3n) is 4.27. The number of ether oxygens (including phenoxy) is 2. The summed E-state index contributed by atoms with van der Waals surface area (Å²) < 4.78 is 11.9. The van der Waals surface area contributed by atoms with Gasteiger partial charge in [-0.1, -0.05) is 52.3 Å². The van der Waals surface area contributed by atoms with Gasteiger partial charge in [0.05, 0.1) is 0 Å². The molecule has 26 heavy (non-hydrogen) atoms. The fourth-order valence-electron chi connectivity index (χ4n) is 2.72. The number of nitrogens with one attached hydrogen (secondary N) is 1. The molecule has 0 saturated carbocycles. The summed E-state index contributed by atoms with van der Waals surface area (Å²) in [5.41, 5.74) is 1.58. The van der Waals surface area contributed by atoms with Crippen LogP contribution in [0, 0.1) is 0 Å². The molecular formula is C20H18BrNO4. The fourth-order valence-corrected chi connectivity index (χ4v) is 2.98. The van der Waals surface area contributed by atoms with Crippen LogP contribution in [-0.2, 0) is 19.9 Å². The predicted octanol–water partition coefficient (Wildman–Crippen LogP) is 4.17. The number of rotatable bonds is 3. The molecule has 1 aliphatic heterocycles. The van der Waals surface area contributed by atoms with Crippen molar-refractivity contribution in [2.75, 3.05) is 7.05 Å². The number of amides is 1. The molecule has 0 bridgehead atoms. The van der Waals surface area contributed by atoms with Crippen molar-refractivity contribution in [3.8, 4) is 11.1 Å². The molecule has 6 heteroatoms. The molecule has 0 aromatic heterocycles. The van der Waals surface area contributed by atoms with E-state index in [2.05, 4.69) is 21.2 Å². The smallest absolute Gasteiger partial charge is 0.409 e. The molecule has 0 unspecified atom stereocenters. The van der Waals surface area contributed by atoms with Gasteiger partial charge >= 0.3 is 6.09 Å². The number of halogens is 1. The van der Waals surface area contributed by atoms with Gasteiger partial charge in [0.1, 0.15) is 0 Å². The van der Waals surface area contributed by atoms with Crippen molar-refractivity contribution in [1.29, 1.82) is 0 Å². The van der Waals surface area contributed by atoms with Gasteiger partial charge in [0, 0.05) is 11.5 Å². The zero-order valence-corrected chi connectivity index (χ0v) is 15.9. The minimum absolute atomic E-state index is 0.203. The second kappa shape index (κ2) is 7.43. The van der Waals surface area contributed by atoms with Crippen molar-refractivity contribution < 1.29 is 19.1 Å². The van der Waals surface area contributed by atoms with E-state index in [1.807, 2.05) is 48.5 Å². The topological polar surface area (TPSA) is 64.6 Å². The first-order chi connectivity index (χ1) is 12.4. The Morgan fingerprint density at radius 2 is 1.69 bits per heavy atom. The normalized spacial score (nSPS) is 22.1. The summed E-state index contributed by atoms with van der Waals surface area (Å²) in [5, 5.41) is 2.36. The summed E-state index contributed by atoms with van der Waals surface area (Å²) >= 11 is 3.42. The molecule has 5 nitrogen and oxygen atoms in total. The van der Waals surface area contributed by atoms with Crippen molar-refractivity contribution in [2.24, 2.45) is 0 Å². The molecule has 3 rings (SSSR count). The Morgan fingerprint density at radius 3 is 2.27 bits per heavy atom. The average molecular weight is 416 g/mol. The Kier molecular flexibility index (Phi) is 5.25. The minimum atomic E-state index is -1.22. The second-order valence-electron chi connectivity index (χ2n) is 5.98. The number of carbonyl (C=O) groups is 2. The van der Waals surface area contributed by atoms with E-state index in [-0.39, 0.29) is 5.78 Å². The molecule has 2 aromatic rings. The molecule has 0 radical (unpaired) electrons. The van der Waals surface area contributed by atoms with Crippen LogP contribution >= 0.6 is 15.9 Å². The first-order valence-corrected chi connectivity index (χ1v) is 8.87. The molecule has 0 spiro atoms. The van der Waals surface area contributed by atoms with E-state index in [0.29, 0.717) is 5.56 Å². The lowest BCUT2D eigenvalue weighted by atomic mass is 9.88. The molecule has 0 fully saturated rings. The minimum Gasteiger partial charge on any atom is -0.416 e. The highest BCUT2D eigenvalue weighted by atomic mass is 79.9. The van der Waals surface area contributed by atoms with Gasteiger partial charge in [0.25, 0.3) is 0 Å². The van der Waals surface area contributed by atoms with Gasteiger partial charge < -0.3 is 14.8 Å². The Labute approximate surface area is 160 Å². The molecule has 2 atom stereocenters. The van der Waals surface area contributed by atoms with Crippen molar-refractivity contribution in [3.05, 3.63) is 70.7 Å². The average Bonchev–Trinajstić information content (AvgIpc) is 2.65. The maximum absolute atomic E-state index is 12.4. The summed E-state index contributed by atoms with van der Waals surface area (Å²) in [6.07, 6.45) is 1.26. The number of hydrogen-bond acceptors (Lipinski definition) is 4. The van der Waals surface area contributed by atoms with Gasteiger partial charge in [0.2, 0.25) is 6.29 Å². The maximum atomic E-state index is 12.4. The lowest BCUT2D eigenvalue weighted by Crippen LogP contribution is -2.43. The second-order valence-corrected chi connectivity index (χ2v) is 6.90. The predicted molar refractivity (Wildman–Crippen MR) is 101 cm³/mol. The standard InChI is InChI=1S/C20H18BrNO4/c1-20(17(23)11-12-18(26-20)25-19(24)22-2)15-7-3-13(4-8-15)14-5-9-16(21)10-6-14/h3-12,18H,1-2H3,(H,22,24)/t18-,20-/m1/s1. The maximum Gasteiger partial charge on any atom is 0.409 e. The zero-order valence-electron chi connectivity index (χ0n) is 14.4. The van der Waals surface area contributed by atoms with E-state index < -0.39 is 18.0 Å². The number of alkyl carbamates (subject to hydrolysis) is 1. The highest BCUT2D eigenvalue weighted by Gasteiger charge is 2.40. The Bertz CT molecular complexity index is 845. The van der Waals surface area contributed by atoms with Crippen molar-refractivity contribution in [1.82, 2.24) is 5.32 Å². The largest absolute Gasteiger partial charge is 0.416 e. The molecule has 1 amide bonds. The number of ketones is 1. The molecule has 1 heterocycles. The highest BCUT2D eigenvalue weighted by molar-refractivity contribution is 9.10. The summed E-state index contributed by atoms with van der Waals surface area (Å²) in [6.45, 7) is 1.67. The molecule has 1 N–H and O–H groups in total. The molecular weight excluding hydrogens is 398 g/mol. The van der Waals surface area contributed by atoms with Gasteiger partial charge in [-0.3, -0.25) is 4.79 Å². The first-order valence-electron chi connectivity index (χ1n) is 8.07. The van der Waals surface area contributed by atoms with E-state index in [0.717, 1.165) is 15.6 Å². The lowest BCUT2D eigenvalue weighted by molar-refractivity contribution is -0.177. The van der Waals surface area contributed by atoms with E-state index in [1.165, 1.54) is 19.2 Å². The van der Waals surface area contributed by atoms with Crippen molar-refractivity contribution in [2.45, 2.75) is 18.8 Å². The van der Waals surface area contributed by atoms with Crippen LogP contribution in [0.1, 0.15) is 12.5 Å². The zero-order chi connectivity index (χ0) is 18.7. The summed E-state index contributed by atoms with van der Waals surface area (Å²) in [5.74, 6) is -0.203. The number of carbonyl (C=O) groups excluding carboxylic acids is 2. The van der Waals surface area contributed by atoms with Crippen LogP contribution in [0.5, 0.6) is 0 Å². The highest BCUT2D eigenvalue weighted by Crippen LogP contribution is 2.33. The van der Waals surface area contributed by atoms with Crippen LogP contribution in [0.15, 0.2) is 65.2 Å².